The van der Waals surface area contributed by atoms with E-state index in [-0.39, 0.29) is 22.1 Å². The Kier molecular flexibility index (Phi) is 5.89. The minimum Gasteiger partial charge on any atom is -0.491 e. The van der Waals surface area contributed by atoms with Gasteiger partial charge in [0.1, 0.15) is 12.4 Å². The van der Waals surface area contributed by atoms with Gasteiger partial charge >= 0.3 is 0 Å². The van der Waals surface area contributed by atoms with Crippen LogP contribution in [-0.4, -0.2) is 31.0 Å². The van der Waals surface area contributed by atoms with Gasteiger partial charge in [0.25, 0.3) is 5.69 Å². The summed E-state index contributed by atoms with van der Waals surface area (Å²) in [6.07, 6.45) is 0. The van der Waals surface area contributed by atoms with E-state index in [1.165, 1.54) is 18.2 Å². The number of aryl methyl sites for hydroxylation is 1. The van der Waals surface area contributed by atoms with E-state index in [9.17, 15) is 14.9 Å². The summed E-state index contributed by atoms with van der Waals surface area (Å²) < 4.78 is 10.4. The number of halogens is 1. The third-order valence-electron chi connectivity index (χ3n) is 3.41. The van der Waals surface area contributed by atoms with Crippen LogP contribution in [0.3, 0.4) is 0 Å². The Labute approximate surface area is 144 Å². The van der Waals surface area contributed by atoms with Crippen LogP contribution in [0.25, 0.3) is 0 Å². The number of hydrogen-bond acceptors (Lipinski definition) is 5. The van der Waals surface area contributed by atoms with E-state index in [4.69, 9.17) is 21.1 Å². The second-order valence-corrected chi connectivity index (χ2v) is 5.48. The summed E-state index contributed by atoms with van der Waals surface area (Å²) in [6.45, 7) is 2.67. The number of benzene rings is 2. The molecule has 0 saturated carbocycles. The molecule has 0 aliphatic heterocycles. The number of ketones is 1. The monoisotopic (exact) mass is 349 g/mol. The van der Waals surface area contributed by atoms with Crippen LogP contribution in [0.15, 0.2) is 36.4 Å². The number of non-ortho nitro benzene ring substituents is 1. The molecule has 6 nitrogen and oxygen atoms in total. The standard InChI is InChI=1S/C17H16ClNO5/c1-11-9-13(24-8-7-23-2)4-6-14(11)17(20)15-5-3-12(19(21)22)10-16(15)18/h3-6,9-10H,7-8H2,1-2H3. The average molecular weight is 350 g/mol. The van der Waals surface area contributed by atoms with Crippen LogP contribution in [0.1, 0.15) is 21.5 Å². The molecule has 0 radical (unpaired) electrons. The van der Waals surface area contributed by atoms with Gasteiger partial charge in [-0.05, 0) is 36.8 Å². The summed E-state index contributed by atoms with van der Waals surface area (Å²) in [5.41, 5.74) is 1.25. The number of carbonyl (C=O) groups excluding carboxylic acids is 1. The van der Waals surface area contributed by atoms with Crippen molar-refractivity contribution in [2.24, 2.45) is 0 Å². The third kappa shape index (κ3) is 4.10. The van der Waals surface area contributed by atoms with Gasteiger partial charge in [-0.2, -0.15) is 0 Å². The van der Waals surface area contributed by atoms with Gasteiger partial charge in [0.2, 0.25) is 0 Å². The van der Waals surface area contributed by atoms with Crippen LogP contribution >= 0.6 is 11.6 Å². The largest absolute Gasteiger partial charge is 0.491 e. The third-order valence-corrected chi connectivity index (χ3v) is 3.72. The van der Waals surface area contributed by atoms with Crippen molar-refractivity contribution >= 4 is 23.1 Å². The summed E-state index contributed by atoms with van der Waals surface area (Å²) in [7, 11) is 1.59. The molecule has 0 atom stereocenters. The molecule has 0 spiro atoms. The lowest BCUT2D eigenvalue weighted by molar-refractivity contribution is -0.384. The lowest BCUT2D eigenvalue weighted by Crippen LogP contribution is -2.07. The quantitative estimate of drug-likeness (QED) is 0.328. The van der Waals surface area contributed by atoms with Crippen LogP contribution in [-0.2, 0) is 4.74 Å². The maximum atomic E-state index is 12.6. The Morgan fingerprint density at radius 1 is 1.17 bits per heavy atom. The second-order valence-electron chi connectivity index (χ2n) is 5.07. The van der Waals surface area contributed by atoms with Crippen molar-refractivity contribution in [2.45, 2.75) is 6.92 Å². The number of nitrogens with zero attached hydrogens (tertiary/aromatic N) is 1. The fourth-order valence-electron chi connectivity index (χ4n) is 2.17. The number of nitro benzene ring substituents is 1. The van der Waals surface area contributed by atoms with Crippen LogP contribution in [0, 0.1) is 17.0 Å². The first-order valence-electron chi connectivity index (χ1n) is 7.15. The molecule has 0 unspecified atom stereocenters. The van der Waals surface area contributed by atoms with Crippen molar-refractivity contribution in [2.75, 3.05) is 20.3 Å². The van der Waals surface area contributed by atoms with Gasteiger partial charge in [-0.15, -0.1) is 0 Å². The van der Waals surface area contributed by atoms with Crippen molar-refractivity contribution in [1.82, 2.24) is 0 Å². The first-order chi connectivity index (χ1) is 11.4. The Bertz CT molecular complexity index is 776. The molecule has 2 rings (SSSR count). The lowest BCUT2D eigenvalue weighted by Gasteiger charge is -2.10. The van der Waals surface area contributed by atoms with E-state index in [1.807, 2.05) is 0 Å². The predicted molar refractivity (Wildman–Crippen MR) is 90.1 cm³/mol. The van der Waals surface area contributed by atoms with Gasteiger partial charge in [0.15, 0.2) is 5.78 Å². The van der Waals surface area contributed by atoms with E-state index in [0.717, 1.165) is 5.56 Å². The van der Waals surface area contributed by atoms with E-state index < -0.39 is 4.92 Å². The van der Waals surface area contributed by atoms with E-state index >= 15 is 0 Å². The predicted octanol–water partition coefficient (Wildman–Crippen LogP) is 3.81. The molecule has 7 heteroatoms. The molecule has 0 aliphatic carbocycles. The number of methoxy groups -OCH3 is 1. The fraction of sp³-hybridized carbons (Fsp3) is 0.235. The fourth-order valence-corrected chi connectivity index (χ4v) is 2.43. The second kappa shape index (κ2) is 7.90. The van der Waals surface area contributed by atoms with Gasteiger partial charge in [0, 0.05) is 30.4 Å². The summed E-state index contributed by atoms with van der Waals surface area (Å²) in [4.78, 5) is 22.8. The molecule has 0 bridgehead atoms. The maximum Gasteiger partial charge on any atom is 0.270 e. The van der Waals surface area contributed by atoms with E-state index in [2.05, 4.69) is 0 Å². The molecule has 24 heavy (non-hydrogen) atoms. The highest BCUT2D eigenvalue weighted by molar-refractivity contribution is 6.35. The minimum atomic E-state index is -0.558. The molecule has 0 aromatic heterocycles. The number of nitro groups is 1. The van der Waals surface area contributed by atoms with Crippen LogP contribution in [0.4, 0.5) is 5.69 Å². The topological polar surface area (TPSA) is 78.7 Å². The van der Waals surface area contributed by atoms with Crippen molar-refractivity contribution in [3.8, 4) is 5.75 Å². The Hall–Kier alpha value is -2.44. The first-order valence-corrected chi connectivity index (χ1v) is 7.53. The van der Waals surface area contributed by atoms with Crippen LogP contribution in [0.5, 0.6) is 5.75 Å². The minimum absolute atomic E-state index is 0.0500. The Morgan fingerprint density at radius 3 is 2.46 bits per heavy atom. The normalized spacial score (nSPS) is 10.5. The van der Waals surface area contributed by atoms with Crippen molar-refractivity contribution < 1.29 is 19.2 Å². The van der Waals surface area contributed by atoms with Gasteiger partial charge in [-0.3, -0.25) is 14.9 Å². The smallest absolute Gasteiger partial charge is 0.270 e. The number of ether oxygens (including phenoxy) is 2. The maximum absolute atomic E-state index is 12.6. The highest BCUT2D eigenvalue weighted by Crippen LogP contribution is 2.27. The SMILES string of the molecule is COCCOc1ccc(C(=O)c2ccc([N+](=O)[O-])cc2Cl)c(C)c1. The van der Waals surface area contributed by atoms with Gasteiger partial charge in [-0.1, -0.05) is 11.6 Å². The van der Waals surface area contributed by atoms with Crippen LogP contribution in [0.2, 0.25) is 5.02 Å². The summed E-state index contributed by atoms with van der Waals surface area (Å²) >= 11 is 6.02. The Morgan fingerprint density at radius 2 is 1.88 bits per heavy atom. The first kappa shape index (κ1) is 17.9. The molecule has 2 aromatic carbocycles. The molecule has 0 N–H and O–H groups in total. The number of rotatable bonds is 7. The zero-order valence-electron chi connectivity index (χ0n) is 13.2. The van der Waals surface area contributed by atoms with Gasteiger partial charge in [-0.25, -0.2) is 0 Å². The average Bonchev–Trinajstić information content (AvgIpc) is 2.54. The molecule has 0 saturated heterocycles. The van der Waals surface area contributed by atoms with E-state index in [0.29, 0.717) is 24.5 Å². The van der Waals surface area contributed by atoms with Gasteiger partial charge in [0.05, 0.1) is 16.6 Å². The lowest BCUT2D eigenvalue weighted by atomic mass is 9.98. The summed E-state index contributed by atoms with van der Waals surface area (Å²) in [5, 5.41) is 10.8. The highest BCUT2D eigenvalue weighted by Gasteiger charge is 2.18. The van der Waals surface area contributed by atoms with Crippen LogP contribution < -0.4 is 4.74 Å². The van der Waals surface area contributed by atoms with Crippen molar-refractivity contribution in [3.05, 3.63) is 68.2 Å². The Balaban J connectivity index is 2.25. The molecular formula is C17H16ClNO5. The molecule has 0 heterocycles. The summed E-state index contributed by atoms with van der Waals surface area (Å²) in [5.74, 6) is 0.340. The number of hydrogen-bond donors (Lipinski definition) is 0. The summed E-state index contributed by atoms with van der Waals surface area (Å²) in [6, 6.07) is 8.89. The highest BCUT2D eigenvalue weighted by atomic mass is 35.5. The van der Waals surface area contributed by atoms with Crippen molar-refractivity contribution in [1.29, 1.82) is 0 Å². The molecule has 2 aromatic rings. The molecule has 0 fully saturated rings. The van der Waals surface area contributed by atoms with Gasteiger partial charge < -0.3 is 9.47 Å². The molecule has 0 amide bonds. The van der Waals surface area contributed by atoms with Crippen molar-refractivity contribution in [3.63, 3.8) is 0 Å². The molecular weight excluding hydrogens is 334 g/mol. The molecule has 0 aliphatic rings. The zero-order chi connectivity index (χ0) is 17.7. The zero-order valence-corrected chi connectivity index (χ0v) is 14.0. The molecule has 126 valence electrons. The number of carbonyl (C=O) groups is 1. The van der Waals surface area contributed by atoms with E-state index in [1.54, 1.807) is 32.2 Å².